The van der Waals surface area contributed by atoms with Crippen molar-refractivity contribution in [2.24, 2.45) is 23.7 Å². The van der Waals surface area contributed by atoms with Crippen LogP contribution in [0.5, 0.6) is 0 Å². The molecule has 0 unspecified atom stereocenters. The Morgan fingerprint density at radius 2 is 2.10 bits per heavy atom. The molecule has 0 aliphatic heterocycles. The summed E-state index contributed by atoms with van der Waals surface area (Å²) in [6, 6.07) is 4.01. The van der Waals surface area contributed by atoms with Gasteiger partial charge >= 0.3 is 5.97 Å². The lowest BCUT2D eigenvalue weighted by Gasteiger charge is -2.01. The third-order valence-electron chi connectivity index (χ3n) is 2.53. The molecule has 6 nitrogen and oxygen atoms in total. The van der Waals surface area contributed by atoms with Gasteiger partial charge in [0.1, 0.15) is 11.5 Å². The zero-order valence-corrected chi connectivity index (χ0v) is 11.8. The van der Waals surface area contributed by atoms with Crippen molar-refractivity contribution in [2.45, 2.75) is 0 Å². The van der Waals surface area contributed by atoms with E-state index in [1.807, 2.05) is 0 Å². The number of hydrogen-bond acceptors (Lipinski definition) is 3. The summed E-state index contributed by atoms with van der Waals surface area (Å²) < 4.78 is 14.6. The van der Waals surface area contributed by atoms with Gasteiger partial charge in [-0.2, -0.15) is 0 Å². The largest absolute Gasteiger partial charge is 0.383 e. The number of carbonyl (C=O) groups excluding carboxylic acids is 1. The monoisotopic (exact) mass is 320 g/mol. The van der Waals surface area contributed by atoms with Crippen molar-refractivity contribution >= 4 is 46.8 Å². The van der Waals surface area contributed by atoms with Crippen LogP contribution < -0.4 is 11.5 Å². The van der Waals surface area contributed by atoms with Gasteiger partial charge in [0.15, 0.2) is 0 Å². The summed E-state index contributed by atoms with van der Waals surface area (Å²) >= 11 is 6.05. The summed E-state index contributed by atoms with van der Waals surface area (Å²) in [6.45, 7) is 0. The minimum atomic E-state index is -0.836. The average Bonchev–Trinajstić information content (AvgIpc) is 2.59. The second kappa shape index (κ2) is 5.98. The van der Waals surface area contributed by atoms with Crippen molar-refractivity contribution in [1.82, 2.24) is 4.57 Å². The van der Waals surface area contributed by atoms with E-state index < -0.39 is 17.7 Å². The fourth-order valence-corrected chi connectivity index (χ4v) is 2.09. The molecule has 1 heterocycles. The van der Waals surface area contributed by atoms with Gasteiger partial charge in [-0.05, 0) is 23.4 Å². The van der Waals surface area contributed by atoms with Gasteiger partial charge in [-0.25, -0.2) is 9.18 Å². The zero-order chi connectivity index (χ0) is 14.2. The van der Waals surface area contributed by atoms with Gasteiger partial charge in [0.25, 0.3) is 0 Å². The molecule has 0 spiro atoms. The number of benzene rings is 1. The molecule has 0 fully saturated rings. The van der Waals surface area contributed by atoms with E-state index in [0.29, 0.717) is 10.9 Å². The van der Waals surface area contributed by atoms with Gasteiger partial charge in [-0.15, -0.1) is 12.4 Å². The lowest BCUT2D eigenvalue weighted by molar-refractivity contribution is 0.0504. The van der Waals surface area contributed by atoms with E-state index in [9.17, 15) is 9.18 Å². The normalized spacial score (nSPS) is 9.95. The molecule has 9 heteroatoms. The first-order valence-electron chi connectivity index (χ1n) is 5.15. The molecule has 0 saturated carbocycles. The molecule has 1 aromatic carbocycles. The number of nitrogens with two attached hydrogens (primary N) is 2. The highest BCUT2D eigenvalue weighted by Crippen LogP contribution is 2.30. The van der Waals surface area contributed by atoms with E-state index in [0.717, 1.165) is 0 Å². The van der Waals surface area contributed by atoms with E-state index in [1.165, 1.54) is 22.8 Å². The number of aromatic nitrogens is 1. The van der Waals surface area contributed by atoms with E-state index in [2.05, 4.69) is 9.99 Å². The molecule has 0 bridgehead atoms. The van der Waals surface area contributed by atoms with Crippen LogP contribution in [0.25, 0.3) is 10.9 Å². The highest BCUT2D eigenvalue weighted by Gasteiger charge is 2.22. The third-order valence-corrected chi connectivity index (χ3v) is 2.91. The fourth-order valence-electron chi connectivity index (χ4n) is 1.74. The van der Waals surface area contributed by atoms with E-state index >= 15 is 0 Å². The first-order chi connectivity index (χ1) is 8.91. The van der Waals surface area contributed by atoms with Gasteiger partial charge in [0.2, 0.25) is 5.96 Å². The smallest absolute Gasteiger partial charge is 0.367 e. The SMILES string of the molecule is Cl.Cn1c(C(=O)ON=C(N)N)c(Cl)c2cc(F)ccc21. The molecule has 0 radical (unpaired) electrons. The maximum Gasteiger partial charge on any atom is 0.383 e. The van der Waals surface area contributed by atoms with E-state index in [4.69, 9.17) is 23.1 Å². The van der Waals surface area contributed by atoms with E-state index in [-0.39, 0.29) is 23.1 Å². The Bertz CT molecular complexity index is 695. The molecule has 20 heavy (non-hydrogen) atoms. The summed E-state index contributed by atoms with van der Waals surface area (Å²) in [5.41, 5.74) is 10.7. The second-order valence-electron chi connectivity index (χ2n) is 3.78. The van der Waals surface area contributed by atoms with Crippen molar-refractivity contribution in [1.29, 1.82) is 0 Å². The molecule has 1 aromatic heterocycles. The van der Waals surface area contributed by atoms with Crippen molar-refractivity contribution in [3.8, 4) is 0 Å². The minimum absolute atomic E-state index is 0. The van der Waals surface area contributed by atoms with Crippen LogP contribution in [0, 0.1) is 5.82 Å². The maximum atomic E-state index is 13.2. The number of hydrogen-bond donors (Lipinski definition) is 2. The van der Waals surface area contributed by atoms with E-state index in [1.54, 1.807) is 7.05 Å². The van der Waals surface area contributed by atoms with Crippen LogP contribution in [0.1, 0.15) is 10.5 Å². The van der Waals surface area contributed by atoms with Crippen LogP contribution in [-0.2, 0) is 11.9 Å². The number of oxime groups is 1. The lowest BCUT2D eigenvalue weighted by Crippen LogP contribution is -2.23. The molecule has 0 aliphatic carbocycles. The van der Waals surface area contributed by atoms with Crippen molar-refractivity contribution in [3.63, 3.8) is 0 Å². The molecule has 2 aromatic rings. The van der Waals surface area contributed by atoms with Gasteiger partial charge in [0, 0.05) is 12.4 Å². The molecule has 108 valence electrons. The predicted octanol–water partition coefficient (Wildman–Crippen LogP) is 1.74. The number of nitrogens with zero attached hydrogens (tertiary/aromatic N) is 2. The Kier molecular flexibility index (Phi) is 4.80. The second-order valence-corrected chi connectivity index (χ2v) is 4.16. The minimum Gasteiger partial charge on any atom is -0.367 e. The molecule has 2 rings (SSSR count). The van der Waals surface area contributed by atoms with Gasteiger partial charge in [0.05, 0.1) is 10.5 Å². The Balaban J connectivity index is 0.00000200. The Labute approximate surface area is 124 Å². The lowest BCUT2D eigenvalue weighted by atomic mass is 10.2. The summed E-state index contributed by atoms with van der Waals surface area (Å²) in [5.74, 6) is -1.68. The van der Waals surface area contributed by atoms with Crippen LogP contribution in [0.2, 0.25) is 5.02 Å². The summed E-state index contributed by atoms with van der Waals surface area (Å²) in [5, 5.41) is 3.63. The highest BCUT2D eigenvalue weighted by atomic mass is 35.5. The summed E-state index contributed by atoms with van der Waals surface area (Å²) in [4.78, 5) is 16.3. The number of halogens is 3. The first kappa shape index (κ1) is 16.1. The summed E-state index contributed by atoms with van der Waals surface area (Å²) in [7, 11) is 1.60. The standard InChI is InChI=1S/C11H10ClFN4O2.ClH/c1-17-7-3-2-5(13)4-6(7)8(12)9(17)10(18)19-16-11(14)15;/h2-4H,1H3,(H4,14,15,16);1H. The number of carbonyl (C=O) groups is 1. The van der Waals surface area contributed by atoms with Crippen molar-refractivity contribution in [2.75, 3.05) is 0 Å². The van der Waals surface area contributed by atoms with Crippen LogP contribution in [0.3, 0.4) is 0 Å². The van der Waals surface area contributed by atoms with Gasteiger partial charge in [-0.3, -0.25) is 0 Å². The molecule has 0 aliphatic rings. The van der Waals surface area contributed by atoms with Crippen LogP contribution in [0.15, 0.2) is 23.4 Å². The molecule has 0 saturated heterocycles. The van der Waals surface area contributed by atoms with Gasteiger partial charge in [-0.1, -0.05) is 11.6 Å². The molecular formula is C11H11Cl2FN4O2. The van der Waals surface area contributed by atoms with Crippen molar-refractivity contribution in [3.05, 3.63) is 34.7 Å². The summed E-state index contributed by atoms with van der Waals surface area (Å²) in [6.07, 6.45) is 0. The molecule has 0 amide bonds. The van der Waals surface area contributed by atoms with Crippen molar-refractivity contribution < 1.29 is 14.0 Å². The quantitative estimate of drug-likeness (QED) is 0.381. The number of guanidine groups is 1. The zero-order valence-electron chi connectivity index (χ0n) is 10.3. The highest BCUT2D eigenvalue weighted by molar-refractivity contribution is 6.38. The third kappa shape index (κ3) is 2.78. The van der Waals surface area contributed by atoms with Crippen LogP contribution >= 0.6 is 24.0 Å². The molecule has 0 atom stereocenters. The topological polar surface area (TPSA) is 95.6 Å². The first-order valence-corrected chi connectivity index (χ1v) is 5.53. The van der Waals surface area contributed by atoms with Gasteiger partial charge < -0.3 is 20.9 Å². The number of aryl methyl sites for hydroxylation is 1. The fraction of sp³-hybridized carbons (Fsp3) is 0.0909. The molecule has 4 N–H and O–H groups in total. The number of fused-ring (bicyclic) bond motifs is 1. The number of rotatable bonds is 2. The Morgan fingerprint density at radius 1 is 1.45 bits per heavy atom. The Hall–Kier alpha value is -1.99. The predicted molar refractivity (Wildman–Crippen MR) is 76.4 cm³/mol. The average molecular weight is 321 g/mol. The van der Waals surface area contributed by atoms with Crippen LogP contribution in [0.4, 0.5) is 4.39 Å². The van der Waals surface area contributed by atoms with Crippen LogP contribution in [-0.4, -0.2) is 16.5 Å². The maximum absolute atomic E-state index is 13.2. The molecular weight excluding hydrogens is 310 g/mol. The Morgan fingerprint density at radius 3 is 2.70 bits per heavy atom.